The van der Waals surface area contributed by atoms with E-state index in [1.54, 1.807) is 35.8 Å². The number of benzene rings is 3. The van der Waals surface area contributed by atoms with Gasteiger partial charge in [0, 0.05) is 17.7 Å². The number of hydrogen-bond acceptors (Lipinski definition) is 3. The summed E-state index contributed by atoms with van der Waals surface area (Å²) < 4.78 is 38.3. The third-order valence-corrected chi connectivity index (χ3v) is 4.17. The van der Waals surface area contributed by atoms with Crippen molar-refractivity contribution in [1.29, 1.82) is 0 Å². The Morgan fingerprint density at radius 1 is 0.857 bits per heavy atom. The Morgan fingerprint density at radius 2 is 1.46 bits per heavy atom. The molecule has 0 aliphatic heterocycles. The number of nitrogens with one attached hydrogen (secondary N) is 2. The molecule has 3 aromatic carbocycles. The van der Waals surface area contributed by atoms with Crippen LogP contribution in [-0.4, -0.2) is 17.0 Å². The van der Waals surface area contributed by atoms with E-state index in [0.29, 0.717) is 21.9 Å². The summed E-state index contributed by atoms with van der Waals surface area (Å²) in [6.45, 7) is -0.0452. The topological polar surface area (TPSA) is 78.4 Å². The Balaban J connectivity index is 1.74. The molecule has 0 unspecified atom stereocenters. The monoisotopic (exact) mass is 388 g/mol. The first-order valence-electron chi connectivity index (χ1n) is 8.20. The van der Waals surface area contributed by atoms with E-state index in [1.807, 2.05) is 0 Å². The normalized spacial score (nSPS) is 11.3. The maximum Gasteiger partial charge on any atom is 0.416 e. The molecule has 0 radical (unpaired) electrons. The molecular formula is C20H15F3N2O3. The predicted molar refractivity (Wildman–Crippen MR) is 95.8 cm³/mol. The highest BCUT2D eigenvalue weighted by Crippen LogP contribution is 2.29. The maximum atomic E-state index is 12.8. The fourth-order valence-electron chi connectivity index (χ4n) is 2.73. The lowest BCUT2D eigenvalue weighted by molar-refractivity contribution is -0.137. The van der Waals surface area contributed by atoms with E-state index in [9.17, 15) is 22.8 Å². The molecule has 8 heteroatoms. The summed E-state index contributed by atoms with van der Waals surface area (Å²) >= 11 is 0. The summed E-state index contributed by atoms with van der Waals surface area (Å²) in [7, 11) is 0. The highest BCUT2D eigenvalue weighted by Gasteiger charge is 2.30. The molecular weight excluding hydrogens is 373 g/mol. The van der Waals surface area contributed by atoms with Crippen molar-refractivity contribution in [3.8, 4) is 0 Å². The molecule has 0 bridgehead atoms. The van der Waals surface area contributed by atoms with Gasteiger partial charge in [-0.05, 0) is 52.7 Å². The van der Waals surface area contributed by atoms with E-state index >= 15 is 0 Å². The lowest BCUT2D eigenvalue weighted by Crippen LogP contribution is -2.23. The first-order chi connectivity index (χ1) is 13.3. The Morgan fingerprint density at radius 3 is 2.04 bits per heavy atom. The van der Waals surface area contributed by atoms with Crippen LogP contribution in [0.4, 0.5) is 13.2 Å². The minimum Gasteiger partial charge on any atom is -0.348 e. The SMILES string of the molecule is O=C(NO)c1ccc2cc(C(=O)NCc3cccc(C(F)(F)F)c3)ccc2c1. The van der Waals surface area contributed by atoms with Gasteiger partial charge in [0.15, 0.2) is 0 Å². The number of alkyl halides is 3. The second kappa shape index (κ2) is 7.69. The molecule has 0 saturated heterocycles. The summed E-state index contributed by atoms with van der Waals surface area (Å²) in [6, 6.07) is 14.2. The molecule has 0 atom stereocenters. The molecule has 144 valence electrons. The largest absolute Gasteiger partial charge is 0.416 e. The number of hydroxylamine groups is 1. The van der Waals surface area contributed by atoms with Crippen molar-refractivity contribution >= 4 is 22.6 Å². The highest BCUT2D eigenvalue weighted by atomic mass is 19.4. The van der Waals surface area contributed by atoms with Crippen LogP contribution in [0.3, 0.4) is 0 Å². The summed E-state index contributed by atoms with van der Waals surface area (Å²) in [5, 5.41) is 12.7. The van der Waals surface area contributed by atoms with Gasteiger partial charge in [0.25, 0.3) is 11.8 Å². The molecule has 0 aromatic heterocycles. The van der Waals surface area contributed by atoms with Crippen molar-refractivity contribution in [2.45, 2.75) is 12.7 Å². The molecule has 5 nitrogen and oxygen atoms in total. The quantitative estimate of drug-likeness (QED) is 0.468. The minimum atomic E-state index is -4.44. The van der Waals surface area contributed by atoms with Crippen LogP contribution < -0.4 is 10.8 Å². The number of carbonyl (C=O) groups is 2. The van der Waals surface area contributed by atoms with Gasteiger partial charge in [-0.25, -0.2) is 5.48 Å². The summed E-state index contributed by atoms with van der Waals surface area (Å²) in [5.74, 6) is -1.08. The average molecular weight is 388 g/mol. The number of amides is 2. The van der Waals surface area contributed by atoms with Gasteiger partial charge in [-0.3, -0.25) is 14.8 Å². The third kappa shape index (κ3) is 4.29. The Labute approximate surface area is 157 Å². The fourth-order valence-corrected chi connectivity index (χ4v) is 2.73. The molecule has 28 heavy (non-hydrogen) atoms. The van der Waals surface area contributed by atoms with Crippen LogP contribution in [0.15, 0.2) is 60.7 Å². The van der Waals surface area contributed by atoms with E-state index < -0.39 is 23.6 Å². The highest BCUT2D eigenvalue weighted by molar-refractivity contribution is 6.01. The first kappa shape index (κ1) is 19.4. The van der Waals surface area contributed by atoms with Gasteiger partial charge in [-0.15, -0.1) is 0 Å². The van der Waals surface area contributed by atoms with Crippen LogP contribution in [0, 0.1) is 0 Å². The fraction of sp³-hybridized carbons (Fsp3) is 0.100. The Kier molecular flexibility index (Phi) is 5.32. The van der Waals surface area contributed by atoms with Crippen LogP contribution in [-0.2, 0) is 12.7 Å². The Hall–Kier alpha value is -3.39. The third-order valence-electron chi connectivity index (χ3n) is 4.17. The van der Waals surface area contributed by atoms with Crippen molar-refractivity contribution in [2.75, 3.05) is 0 Å². The van der Waals surface area contributed by atoms with Crippen molar-refractivity contribution in [3.63, 3.8) is 0 Å². The van der Waals surface area contributed by atoms with Gasteiger partial charge >= 0.3 is 6.18 Å². The number of carbonyl (C=O) groups excluding carboxylic acids is 2. The second-order valence-corrected chi connectivity index (χ2v) is 6.10. The number of halogens is 3. The van der Waals surface area contributed by atoms with E-state index in [-0.39, 0.29) is 12.1 Å². The molecule has 0 fully saturated rings. The number of hydrogen-bond donors (Lipinski definition) is 3. The van der Waals surface area contributed by atoms with Crippen LogP contribution in [0.5, 0.6) is 0 Å². The van der Waals surface area contributed by atoms with Crippen molar-refractivity contribution in [2.24, 2.45) is 0 Å². The molecule has 0 aliphatic carbocycles. The minimum absolute atomic E-state index is 0.0452. The van der Waals surface area contributed by atoms with Crippen molar-refractivity contribution < 1.29 is 28.0 Å². The lowest BCUT2D eigenvalue weighted by atomic mass is 10.0. The summed E-state index contributed by atoms with van der Waals surface area (Å²) in [5.41, 5.74) is 1.71. The smallest absolute Gasteiger partial charge is 0.348 e. The molecule has 3 aromatic rings. The van der Waals surface area contributed by atoms with Crippen molar-refractivity contribution in [1.82, 2.24) is 10.8 Å². The van der Waals surface area contributed by atoms with Gasteiger partial charge < -0.3 is 5.32 Å². The number of rotatable bonds is 4. The summed E-state index contributed by atoms with van der Waals surface area (Å²) in [6.07, 6.45) is -4.44. The standard InChI is InChI=1S/C20H15F3N2O3/c21-20(22,23)17-3-1-2-12(8-17)11-24-18(26)15-6-4-14-10-16(19(27)25-28)7-5-13(14)9-15/h1-10,28H,11H2,(H,24,26)(H,25,27). The number of fused-ring (bicyclic) bond motifs is 1. The van der Waals surface area contributed by atoms with Crippen LogP contribution in [0.1, 0.15) is 31.8 Å². The molecule has 0 spiro atoms. The molecule has 0 aliphatic rings. The van der Waals surface area contributed by atoms with Gasteiger partial charge in [-0.2, -0.15) is 13.2 Å². The second-order valence-electron chi connectivity index (χ2n) is 6.10. The van der Waals surface area contributed by atoms with Gasteiger partial charge in [0.05, 0.1) is 5.56 Å². The van der Waals surface area contributed by atoms with Crippen LogP contribution in [0.25, 0.3) is 10.8 Å². The first-order valence-corrected chi connectivity index (χ1v) is 8.20. The van der Waals surface area contributed by atoms with Crippen LogP contribution in [0.2, 0.25) is 0 Å². The van der Waals surface area contributed by atoms with E-state index in [4.69, 9.17) is 5.21 Å². The van der Waals surface area contributed by atoms with Gasteiger partial charge in [0.2, 0.25) is 0 Å². The molecule has 0 heterocycles. The van der Waals surface area contributed by atoms with Gasteiger partial charge in [0.1, 0.15) is 0 Å². The molecule has 2 amide bonds. The zero-order valence-electron chi connectivity index (χ0n) is 14.4. The van der Waals surface area contributed by atoms with E-state index in [1.165, 1.54) is 18.2 Å². The average Bonchev–Trinajstić information content (AvgIpc) is 2.70. The van der Waals surface area contributed by atoms with Crippen LogP contribution >= 0.6 is 0 Å². The lowest BCUT2D eigenvalue weighted by Gasteiger charge is -2.10. The van der Waals surface area contributed by atoms with E-state index in [2.05, 4.69) is 5.32 Å². The predicted octanol–water partition coefficient (Wildman–Crippen LogP) is 3.91. The van der Waals surface area contributed by atoms with Crippen molar-refractivity contribution in [3.05, 3.63) is 82.9 Å². The zero-order chi connectivity index (χ0) is 20.3. The molecule has 0 saturated carbocycles. The zero-order valence-corrected chi connectivity index (χ0v) is 14.4. The Bertz CT molecular complexity index is 1050. The maximum absolute atomic E-state index is 12.8. The van der Waals surface area contributed by atoms with Gasteiger partial charge in [-0.1, -0.05) is 24.3 Å². The molecule has 3 rings (SSSR count). The summed E-state index contributed by atoms with van der Waals surface area (Å²) in [4.78, 5) is 23.8. The molecule has 3 N–H and O–H groups in total. The van der Waals surface area contributed by atoms with E-state index in [0.717, 1.165) is 12.1 Å².